The molecule has 0 amide bonds. The summed E-state index contributed by atoms with van der Waals surface area (Å²) in [6, 6.07) is 5.30. The molecule has 1 aromatic heterocycles. The minimum absolute atomic E-state index is 0.486. The quantitative estimate of drug-likeness (QED) is 0.0737. The highest BCUT2D eigenvalue weighted by atomic mass is 31.2. The Balaban J connectivity index is 0.00000187. The van der Waals surface area contributed by atoms with Crippen molar-refractivity contribution in [1.29, 1.82) is 5.26 Å². The minimum atomic E-state index is -0.697. The highest BCUT2D eigenvalue weighted by Crippen LogP contribution is 2.61. The number of unbranched alkanes of at least 4 members (excludes halogenated alkanes) is 20. The third-order valence-corrected chi connectivity index (χ3v) is 13.7. The maximum absolute atomic E-state index is 8.11. The topological polar surface area (TPSA) is 37.9 Å². The summed E-state index contributed by atoms with van der Waals surface area (Å²) in [5.74, 6) is 0. The largest absolute Gasteiger partial charge is 0.655 e. The van der Waals surface area contributed by atoms with E-state index >= 15 is 0 Å². The molecule has 2 nitrogen and oxygen atoms in total. The Morgan fingerprint density at radius 1 is 0.500 bits per heavy atom. The van der Waals surface area contributed by atoms with Gasteiger partial charge in [0.15, 0.2) is 0 Å². The second-order valence-electron chi connectivity index (χ2n) is 12.4. The van der Waals surface area contributed by atoms with Crippen LogP contribution in [0.2, 0.25) is 0 Å². The SMILES string of the molecule is CCCCCCCCCCCCCC[P+](CCCCCC)(CCCCCC)CCCCCC.N#Cc1ccc[n-]1. The lowest BCUT2D eigenvalue weighted by Gasteiger charge is -2.28. The van der Waals surface area contributed by atoms with Gasteiger partial charge in [0, 0.05) is 7.26 Å². The fourth-order valence-corrected chi connectivity index (χ4v) is 10.9. The van der Waals surface area contributed by atoms with Gasteiger partial charge in [0.1, 0.15) is 0 Å². The first kappa shape index (κ1) is 39.2. The van der Waals surface area contributed by atoms with Gasteiger partial charge in [-0.15, -0.1) is 0 Å². The number of hydrogen-bond acceptors (Lipinski definition) is 1. The fraction of sp³-hybridized carbons (Fsp3) is 0.865. The Bertz CT molecular complexity index is 602. The summed E-state index contributed by atoms with van der Waals surface area (Å²) >= 11 is 0. The van der Waals surface area contributed by atoms with Gasteiger partial charge in [-0.2, -0.15) is 11.5 Å². The van der Waals surface area contributed by atoms with Crippen LogP contribution in [-0.4, -0.2) is 24.6 Å². The van der Waals surface area contributed by atoms with E-state index in [4.69, 9.17) is 5.26 Å². The van der Waals surface area contributed by atoms with E-state index in [-0.39, 0.29) is 0 Å². The molecule has 0 aliphatic rings. The van der Waals surface area contributed by atoms with Crippen LogP contribution < -0.4 is 4.98 Å². The maximum Gasteiger partial charge on any atom is 0.0751 e. The van der Waals surface area contributed by atoms with E-state index in [1.165, 1.54) is 128 Å². The lowest BCUT2D eigenvalue weighted by molar-refractivity contribution is 0.548. The Kier molecular flexibility index (Phi) is 30.5. The van der Waals surface area contributed by atoms with E-state index in [9.17, 15) is 0 Å². The summed E-state index contributed by atoms with van der Waals surface area (Å²) in [7, 11) is -0.697. The fourth-order valence-electron chi connectivity index (χ4n) is 5.95. The zero-order valence-corrected chi connectivity index (χ0v) is 28.8. The van der Waals surface area contributed by atoms with Gasteiger partial charge in [-0.3, -0.25) is 0 Å². The molecule has 1 aromatic rings. The van der Waals surface area contributed by atoms with Crippen molar-refractivity contribution in [2.45, 2.75) is 182 Å². The number of nitrogens with zero attached hydrogens (tertiary/aromatic N) is 2. The lowest BCUT2D eigenvalue weighted by atomic mass is 10.1. The summed E-state index contributed by atoms with van der Waals surface area (Å²) in [6.07, 6.45) is 43.7. The van der Waals surface area contributed by atoms with E-state index in [0.717, 1.165) is 0 Å². The van der Waals surface area contributed by atoms with Crippen molar-refractivity contribution in [2.24, 2.45) is 0 Å². The first-order valence-corrected chi connectivity index (χ1v) is 20.5. The first-order chi connectivity index (χ1) is 19.7. The van der Waals surface area contributed by atoms with Gasteiger partial charge in [0.2, 0.25) is 0 Å². The Morgan fingerprint density at radius 2 is 0.800 bits per heavy atom. The van der Waals surface area contributed by atoms with Crippen LogP contribution in [-0.2, 0) is 0 Å². The zero-order valence-electron chi connectivity index (χ0n) is 27.9. The van der Waals surface area contributed by atoms with Crippen molar-refractivity contribution < 1.29 is 0 Å². The van der Waals surface area contributed by atoms with Crippen molar-refractivity contribution >= 4 is 7.26 Å². The molecule has 0 aromatic carbocycles. The van der Waals surface area contributed by atoms with Crippen molar-refractivity contribution in [1.82, 2.24) is 4.98 Å². The van der Waals surface area contributed by atoms with Crippen molar-refractivity contribution in [2.75, 3.05) is 24.6 Å². The molecule has 3 heteroatoms. The first-order valence-electron chi connectivity index (χ1n) is 18.0. The van der Waals surface area contributed by atoms with Crippen LogP contribution >= 0.6 is 7.26 Å². The number of nitriles is 1. The molecule has 0 radical (unpaired) electrons. The van der Waals surface area contributed by atoms with Crippen LogP contribution in [0.4, 0.5) is 0 Å². The van der Waals surface area contributed by atoms with Gasteiger partial charge in [-0.25, -0.2) is 0 Å². The molecular formula is C37H71N2P. The summed E-state index contributed by atoms with van der Waals surface area (Å²) in [5, 5.41) is 8.11. The van der Waals surface area contributed by atoms with Crippen molar-refractivity contribution in [3.63, 3.8) is 0 Å². The molecule has 0 atom stereocenters. The highest BCUT2D eigenvalue weighted by molar-refractivity contribution is 7.75. The van der Waals surface area contributed by atoms with Crippen molar-refractivity contribution in [3.05, 3.63) is 24.0 Å². The predicted molar refractivity (Wildman–Crippen MR) is 184 cm³/mol. The lowest BCUT2D eigenvalue weighted by Crippen LogP contribution is -2.13. The average molecular weight is 575 g/mol. The monoisotopic (exact) mass is 575 g/mol. The Labute approximate surface area is 253 Å². The molecule has 1 rings (SSSR count). The van der Waals surface area contributed by atoms with Gasteiger partial charge in [0.05, 0.1) is 30.7 Å². The highest BCUT2D eigenvalue weighted by Gasteiger charge is 2.34. The minimum Gasteiger partial charge on any atom is -0.655 e. The van der Waals surface area contributed by atoms with E-state index in [1.807, 2.05) is 6.07 Å². The van der Waals surface area contributed by atoms with Crippen LogP contribution in [0.15, 0.2) is 18.3 Å². The molecule has 0 unspecified atom stereocenters. The predicted octanol–water partition coefficient (Wildman–Crippen LogP) is 13.0. The molecule has 0 aliphatic heterocycles. The molecule has 0 spiro atoms. The summed E-state index contributed by atoms with van der Waals surface area (Å²) < 4.78 is 0. The second kappa shape index (κ2) is 31.1. The molecule has 40 heavy (non-hydrogen) atoms. The molecule has 0 saturated carbocycles. The van der Waals surface area contributed by atoms with Crippen LogP contribution in [0.25, 0.3) is 0 Å². The van der Waals surface area contributed by atoms with Crippen LogP contribution in [0.1, 0.15) is 187 Å². The normalized spacial score (nSPS) is 11.3. The smallest absolute Gasteiger partial charge is 0.0751 e. The molecule has 1 heterocycles. The van der Waals surface area contributed by atoms with Gasteiger partial charge < -0.3 is 4.98 Å². The van der Waals surface area contributed by atoms with Gasteiger partial charge in [-0.1, -0.05) is 148 Å². The summed E-state index contributed by atoms with van der Waals surface area (Å²) in [6.45, 7) is 9.41. The second-order valence-corrected chi connectivity index (χ2v) is 16.9. The Hall–Kier alpha value is -0.800. The summed E-state index contributed by atoms with van der Waals surface area (Å²) in [5.41, 5.74) is 0.486. The average Bonchev–Trinajstić information content (AvgIpc) is 3.51. The van der Waals surface area contributed by atoms with E-state index in [2.05, 4.69) is 32.7 Å². The third kappa shape index (κ3) is 25.0. The standard InChI is InChI=1S/C32H68P.C5H3N2/c1-5-9-13-17-18-19-20-21-22-23-24-28-32-33(29-25-14-10-6-2,30-26-15-11-7-3)31-27-16-12-8-4;6-4-5-2-1-3-7-5/h5-32H2,1-4H3;1-3H/q+1;-1. The van der Waals surface area contributed by atoms with Gasteiger partial charge in [-0.05, 0) is 51.4 Å². The van der Waals surface area contributed by atoms with Crippen LogP contribution in [0.3, 0.4) is 0 Å². The molecule has 0 saturated heterocycles. The number of rotatable bonds is 28. The van der Waals surface area contributed by atoms with Gasteiger partial charge in [0.25, 0.3) is 0 Å². The van der Waals surface area contributed by atoms with Crippen LogP contribution in [0, 0.1) is 11.3 Å². The zero-order chi connectivity index (χ0) is 29.4. The maximum atomic E-state index is 8.11. The molecular weight excluding hydrogens is 503 g/mol. The van der Waals surface area contributed by atoms with Gasteiger partial charge >= 0.3 is 0 Å². The Morgan fingerprint density at radius 3 is 1.05 bits per heavy atom. The molecule has 0 bridgehead atoms. The van der Waals surface area contributed by atoms with E-state index in [1.54, 1.807) is 68.7 Å². The number of hydrogen-bond donors (Lipinski definition) is 0. The molecule has 0 N–H and O–H groups in total. The molecule has 234 valence electrons. The molecule has 0 fully saturated rings. The third-order valence-electron chi connectivity index (χ3n) is 8.61. The molecule has 0 aliphatic carbocycles. The van der Waals surface area contributed by atoms with Crippen molar-refractivity contribution in [3.8, 4) is 6.07 Å². The number of aromatic nitrogens is 1. The van der Waals surface area contributed by atoms with Crippen LogP contribution in [0.5, 0.6) is 0 Å². The van der Waals surface area contributed by atoms with E-state index in [0.29, 0.717) is 5.69 Å². The summed E-state index contributed by atoms with van der Waals surface area (Å²) in [4.78, 5) is 3.67. The van der Waals surface area contributed by atoms with E-state index < -0.39 is 7.26 Å².